The summed E-state index contributed by atoms with van der Waals surface area (Å²) in [6, 6.07) is 2.02. The first-order chi connectivity index (χ1) is 12.1. The van der Waals surface area contributed by atoms with E-state index in [1.807, 2.05) is 12.3 Å². The number of rotatable bonds is 7. The highest BCUT2D eigenvalue weighted by atomic mass is 32.2. The molecule has 1 unspecified atom stereocenters. The van der Waals surface area contributed by atoms with Crippen LogP contribution in [0, 0.1) is 16.0 Å². The summed E-state index contributed by atoms with van der Waals surface area (Å²) < 4.78 is 6.42. The maximum atomic E-state index is 11.4. The number of aromatic nitrogens is 2. The molecule has 1 aliphatic carbocycles. The van der Waals surface area contributed by atoms with E-state index in [0.717, 1.165) is 31.1 Å². The van der Waals surface area contributed by atoms with E-state index >= 15 is 0 Å². The van der Waals surface area contributed by atoms with Gasteiger partial charge in [-0.15, -0.1) is 4.33 Å². The Morgan fingerprint density at radius 3 is 2.92 bits per heavy atom. The monoisotopic (exact) mass is 385 g/mol. The van der Waals surface area contributed by atoms with Crippen molar-refractivity contribution in [3.05, 3.63) is 28.6 Å². The van der Waals surface area contributed by atoms with Gasteiger partial charge in [-0.2, -0.15) is 0 Å². The number of fused-ring (bicyclic) bond motifs is 1. The third-order valence-electron chi connectivity index (χ3n) is 4.50. The molecule has 0 radical (unpaired) electrons. The van der Waals surface area contributed by atoms with Crippen molar-refractivity contribution in [3.63, 3.8) is 0 Å². The number of nitrogens with zero attached hydrogens (tertiary/aromatic N) is 3. The van der Waals surface area contributed by atoms with E-state index in [2.05, 4.69) is 24.0 Å². The van der Waals surface area contributed by atoms with Gasteiger partial charge in [0.15, 0.2) is 0 Å². The topological polar surface area (TPSA) is 117 Å². The zero-order valence-electron chi connectivity index (χ0n) is 13.5. The van der Waals surface area contributed by atoms with E-state index in [1.54, 1.807) is 4.34 Å². The third-order valence-corrected chi connectivity index (χ3v) is 5.10. The number of anilines is 1. The quantitative estimate of drug-likeness (QED) is 0.142. The van der Waals surface area contributed by atoms with Crippen LogP contribution in [0.4, 0.5) is 11.4 Å². The van der Waals surface area contributed by atoms with Gasteiger partial charge < -0.3 is 9.65 Å². The van der Waals surface area contributed by atoms with E-state index in [-0.39, 0.29) is 11.7 Å². The molecule has 25 heavy (non-hydrogen) atoms. The molecule has 1 saturated carbocycles. The summed E-state index contributed by atoms with van der Waals surface area (Å²) in [7, 11) is 2.53. The second-order valence-electron chi connectivity index (χ2n) is 6.05. The molecule has 1 atom stereocenters. The number of nitro groups is 1. The van der Waals surface area contributed by atoms with Crippen LogP contribution >= 0.6 is 21.6 Å². The minimum atomic E-state index is -0.393. The van der Waals surface area contributed by atoms with Gasteiger partial charge in [-0.1, -0.05) is 0 Å². The Hall–Kier alpha value is -1.45. The minimum Gasteiger partial charge on any atom is -0.376 e. The highest BCUT2D eigenvalue weighted by Gasteiger charge is 2.26. The van der Waals surface area contributed by atoms with Crippen LogP contribution in [-0.2, 0) is 9.22 Å². The van der Waals surface area contributed by atoms with Crippen molar-refractivity contribution < 1.29 is 14.1 Å². The molecule has 0 spiro atoms. The van der Waals surface area contributed by atoms with Crippen LogP contribution < -0.4 is 10.5 Å². The van der Waals surface area contributed by atoms with Gasteiger partial charge in [-0.3, -0.25) is 15.3 Å². The summed E-state index contributed by atoms with van der Waals surface area (Å²) in [5.74, 6) is 0.408. The lowest BCUT2D eigenvalue weighted by Crippen LogP contribution is -2.28. The van der Waals surface area contributed by atoms with Crippen LogP contribution in [0.25, 0.3) is 11.0 Å². The smallest absolute Gasteiger partial charge is 0.311 e. The van der Waals surface area contributed by atoms with Crippen LogP contribution in [0.5, 0.6) is 0 Å². The van der Waals surface area contributed by atoms with Crippen molar-refractivity contribution in [1.29, 1.82) is 0 Å². The molecule has 1 aliphatic rings. The van der Waals surface area contributed by atoms with Crippen molar-refractivity contribution in [2.24, 2.45) is 11.1 Å². The fraction of sp³-hybridized carbons (Fsp3) is 0.500. The van der Waals surface area contributed by atoms with E-state index in [4.69, 9.17) is 10.0 Å². The lowest BCUT2D eigenvalue weighted by molar-refractivity contribution is -0.384. The zero-order valence-corrected chi connectivity index (χ0v) is 15.4. The molecule has 2 heterocycles. The predicted octanol–water partition coefficient (Wildman–Crippen LogP) is 3.02. The normalized spacial score (nSPS) is 20.7. The molecular weight excluding hydrogens is 365 g/mol. The van der Waals surface area contributed by atoms with E-state index in [9.17, 15) is 10.1 Å². The van der Waals surface area contributed by atoms with Crippen molar-refractivity contribution >= 4 is 44.0 Å². The van der Waals surface area contributed by atoms with Crippen LogP contribution in [0.2, 0.25) is 0 Å². The van der Waals surface area contributed by atoms with Crippen molar-refractivity contribution in [2.75, 3.05) is 11.9 Å². The number of hydrogen-bond donors (Lipinski definition) is 2. The van der Waals surface area contributed by atoms with E-state index in [1.165, 1.54) is 6.20 Å². The molecule has 0 aromatic carbocycles. The Kier molecular flexibility index (Phi) is 6.08. The maximum Gasteiger partial charge on any atom is 0.311 e. The fourth-order valence-electron chi connectivity index (χ4n) is 3.21. The molecule has 0 saturated heterocycles. The first-order valence-corrected chi connectivity index (χ1v) is 9.23. The van der Waals surface area contributed by atoms with Gasteiger partial charge in [0.1, 0.15) is 29.8 Å². The molecule has 2 aromatic heterocycles. The van der Waals surface area contributed by atoms with Gasteiger partial charge in [0.2, 0.25) is 0 Å². The Balaban J connectivity index is 1.71. The minimum absolute atomic E-state index is 0.00234. The average molecular weight is 385 g/mol. The zero-order chi connectivity index (χ0) is 17.8. The summed E-state index contributed by atoms with van der Waals surface area (Å²) >= 11 is 0.692. The third kappa shape index (κ3) is 4.21. The first kappa shape index (κ1) is 18.3. The number of nitrogens with two attached hydrogens (primary N) is 1. The lowest BCUT2D eigenvalue weighted by Gasteiger charge is -2.29. The largest absolute Gasteiger partial charge is 0.376 e. The standard InChI is InChI=1S/C14H20N5O4PS/c15-25-23-22-8-9-1-3-10(4-2-9)17-13-11-5-6-18(24)14(11)16-7-12(13)19(20)21/h5-7,9-10H,1-4,8,15,24H2,(H,16,17)/t9-,10-. The molecule has 0 amide bonds. The van der Waals surface area contributed by atoms with Gasteiger partial charge in [-0.05, 0) is 47.1 Å². The molecule has 136 valence electrons. The maximum absolute atomic E-state index is 11.4. The van der Waals surface area contributed by atoms with Crippen molar-refractivity contribution in [1.82, 2.24) is 9.32 Å². The Morgan fingerprint density at radius 1 is 1.48 bits per heavy atom. The number of nitrogens with one attached hydrogen (secondary N) is 1. The van der Waals surface area contributed by atoms with E-state index in [0.29, 0.717) is 36.1 Å². The molecular formula is C14H20N5O4PS. The number of pyridine rings is 1. The highest BCUT2D eigenvalue weighted by Crippen LogP contribution is 2.35. The molecule has 11 heteroatoms. The van der Waals surface area contributed by atoms with Gasteiger partial charge in [0.25, 0.3) is 0 Å². The van der Waals surface area contributed by atoms with E-state index < -0.39 is 4.92 Å². The summed E-state index contributed by atoms with van der Waals surface area (Å²) in [6.07, 6.45) is 6.87. The SMILES string of the molecule is NSOOC[C@H]1CC[C@H](Nc2c([N+](=O)[O-])cnc3c2ccn3P)CC1. The molecule has 1 fully saturated rings. The Labute approximate surface area is 151 Å². The van der Waals surface area contributed by atoms with Gasteiger partial charge in [0.05, 0.1) is 11.5 Å². The van der Waals surface area contributed by atoms with Crippen LogP contribution in [0.1, 0.15) is 25.7 Å². The molecule has 0 aliphatic heterocycles. The predicted molar refractivity (Wildman–Crippen MR) is 99.7 cm³/mol. The van der Waals surface area contributed by atoms with Crippen LogP contribution in [0.15, 0.2) is 18.5 Å². The summed E-state index contributed by atoms with van der Waals surface area (Å²) in [6.45, 7) is 0.506. The first-order valence-electron chi connectivity index (χ1n) is 7.91. The van der Waals surface area contributed by atoms with Gasteiger partial charge in [-0.25, -0.2) is 9.87 Å². The molecule has 9 nitrogen and oxygen atoms in total. The number of hydrogen-bond acceptors (Lipinski definition) is 8. The second-order valence-corrected chi connectivity index (χ2v) is 6.93. The highest BCUT2D eigenvalue weighted by molar-refractivity contribution is 7.92. The summed E-state index contributed by atoms with van der Waals surface area (Å²) in [4.78, 5) is 20.2. The second kappa shape index (κ2) is 8.29. The van der Waals surface area contributed by atoms with Crippen molar-refractivity contribution in [2.45, 2.75) is 31.7 Å². The average Bonchev–Trinajstić information content (AvgIpc) is 2.98. The van der Waals surface area contributed by atoms with Gasteiger partial charge >= 0.3 is 5.69 Å². The fourth-order valence-corrected chi connectivity index (χ4v) is 3.62. The van der Waals surface area contributed by atoms with Crippen LogP contribution in [0.3, 0.4) is 0 Å². The summed E-state index contributed by atoms with van der Waals surface area (Å²) in [5.41, 5.74) is 1.23. The molecule has 2 aromatic rings. The lowest BCUT2D eigenvalue weighted by atomic mass is 9.86. The molecule has 3 rings (SSSR count). The molecule has 3 N–H and O–H groups in total. The Morgan fingerprint density at radius 2 is 2.24 bits per heavy atom. The van der Waals surface area contributed by atoms with Crippen LogP contribution in [-0.4, -0.2) is 26.9 Å². The summed E-state index contributed by atoms with van der Waals surface area (Å²) in [5, 5.41) is 20.6. The van der Waals surface area contributed by atoms with Crippen molar-refractivity contribution in [3.8, 4) is 0 Å². The molecule has 0 bridgehead atoms. The Bertz CT molecular complexity index is 750. The van der Waals surface area contributed by atoms with Gasteiger partial charge in [0, 0.05) is 17.6 Å².